The van der Waals surface area contributed by atoms with Crippen LogP contribution >= 0.6 is 11.3 Å². The van der Waals surface area contributed by atoms with Crippen LogP contribution in [0.1, 0.15) is 22.7 Å². The van der Waals surface area contributed by atoms with Crippen molar-refractivity contribution in [3.63, 3.8) is 0 Å². The Labute approximate surface area is 155 Å². The molecule has 2 aliphatic rings. The fraction of sp³-hybridized carbons (Fsp3) is 0.368. The van der Waals surface area contributed by atoms with Gasteiger partial charge in [0.2, 0.25) is 0 Å². The van der Waals surface area contributed by atoms with Crippen LogP contribution in [0.2, 0.25) is 0 Å². The molecular weight excluding hydrogens is 348 g/mol. The molecular formula is C19H20N4O2S. The number of hydrogen-bond donors (Lipinski definition) is 0. The van der Waals surface area contributed by atoms with Gasteiger partial charge in [0, 0.05) is 30.7 Å². The van der Waals surface area contributed by atoms with E-state index in [2.05, 4.69) is 26.4 Å². The summed E-state index contributed by atoms with van der Waals surface area (Å²) in [5, 5.41) is 4.23. The first-order chi connectivity index (χ1) is 12.7. The number of thiophene rings is 1. The van der Waals surface area contributed by atoms with Gasteiger partial charge in [-0.15, -0.1) is 0 Å². The lowest BCUT2D eigenvalue weighted by Crippen LogP contribution is -2.45. The molecule has 1 spiro atoms. The number of nitrogens with zero attached hydrogens (tertiary/aromatic N) is 4. The van der Waals surface area contributed by atoms with Gasteiger partial charge in [0.25, 0.3) is 5.91 Å². The number of aromatic nitrogens is 3. The van der Waals surface area contributed by atoms with E-state index in [-0.39, 0.29) is 11.5 Å². The molecule has 26 heavy (non-hydrogen) atoms. The third-order valence-electron chi connectivity index (χ3n) is 5.48. The van der Waals surface area contributed by atoms with E-state index in [0.717, 1.165) is 36.7 Å². The van der Waals surface area contributed by atoms with Gasteiger partial charge in [0.05, 0.1) is 25.0 Å². The van der Waals surface area contributed by atoms with Crippen molar-refractivity contribution in [2.45, 2.75) is 25.2 Å². The molecule has 3 aromatic heterocycles. The molecule has 2 aliphatic heterocycles. The molecule has 7 heteroatoms. The summed E-state index contributed by atoms with van der Waals surface area (Å²) in [6.45, 7) is 2.58. The Morgan fingerprint density at radius 2 is 2.27 bits per heavy atom. The maximum absolute atomic E-state index is 12.8. The average Bonchev–Trinajstić information content (AvgIpc) is 3.41. The van der Waals surface area contributed by atoms with Gasteiger partial charge in [-0.1, -0.05) is 0 Å². The molecule has 0 bridgehead atoms. The normalized spacial score (nSPS) is 22.1. The number of imidazole rings is 1. The molecule has 1 saturated heterocycles. The highest BCUT2D eigenvalue weighted by Gasteiger charge is 2.44. The second kappa shape index (κ2) is 5.82. The fourth-order valence-corrected chi connectivity index (χ4v) is 4.66. The van der Waals surface area contributed by atoms with Gasteiger partial charge in [-0.2, -0.15) is 11.3 Å². The quantitative estimate of drug-likeness (QED) is 0.699. The van der Waals surface area contributed by atoms with Gasteiger partial charge in [-0.05, 0) is 30.0 Å². The van der Waals surface area contributed by atoms with E-state index in [1.807, 2.05) is 41.0 Å². The SMILES string of the molecule is Cn1cccc1C(=O)N1CC[C@]2(C1)Cn1c(-c3ccsc3)cnc1CO2. The smallest absolute Gasteiger partial charge is 0.270 e. The minimum absolute atomic E-state index is 0.0764. The van der Waals surface area contributed by atoms with Crippen LogP contribution in [-0.4, -0.2) is 43.6 Å². The third-order valence-corrected chi connectivity index (χ3v) is 6.16. The van der Waals surface area contributed by atoms with Crippen molar-refractivity contribution < 1.29 is 9.53 Å². The van der Waals surface area contributed by atoms with Gasteiger partial charge in [-0.25, -0.2) is 4.98 Å². The van der Waals surface area contributed by atoms with Crippen molar-refractivity contribution in [3.05, 3.63) is 52.9 Å². The van der Waals surface area contributed by atoms with Crippen molar-refractivity contribution in [2.75, 3.05) is 13.1 Å². The topological polar surface area (TPSA) is 52.3 Å². The third kappa shape index (κ3) is 2.42. The lowest BCUT2D eigenvalue weighted by atomic mass is 10.0. The van der Waals surface area contributed by atoms with E-state index in [0.29, 0.717) is 13.2 Å². The first-order valence-electron chi connectivity index (χ1n) is 8.77. The van der Waals surface area contributed by atoms with E-state index in [9.17, 15) is 4.79 Å². The Kier molecular flexibility index (Phi) is 3.55. The summed E-state index contributed by atoms with van der Waals surface area (Å²) in [7, 11) is 1.90. The van der Waals surface area contributed by atoms with Crippen LogP contribution in [0.15, 0.2) is 41.4 Å². The molecule has 0 N–H and O–H groups in total. The van der Waals surface area contributed by atoms with Crippen LogP contribution in [0.4, 0.5) is 0 Å². The van der Waals surface area contributed by atoms with Gasteiger partial charge in [-0.3, -0.25) is 4.79 Å². The van der Waals surface area contributed by atoms with Crippen LogP contribution in [0.5, 0.6) is 0 Å². The van der Waals surface area contributed by atoms with Crippen LogP contribution in [0, 0.1) is 0 Å². The zero-order valence-electron chi connectivity index (χ0n) is 14.6. The van der Waals surface area contributed by atoms with Crippen LogP contribution in [-0.2, 0) is 24.9 Å². The Morgan fingerprint density at radius 3 is 3.04 bits per heavy atom. The molecule has 0 radical (unpaired) electrons. The molecule has 5 rings (SSSR count). The molecule has 0 saturated carbocycles. The largest absolute Gasteiger partial charge is 0.363 e. The molecule has 1 atom stereocenters. The number of carbonyl (C=O) groups excluding carboxylic acids is 1. The van der Waals surface area contributed by atoms with Crippen molar-refractivity contribution in [1.82, 2.24) is 19.0 Å². The Balaban J connectivity index is 1.40. The van der Waals surface area contributed by atoms with E-state index in [1.165, 1.54) is 5.56 Å². The zero-order valence-corrected chi connectivity index (χ0v) is 15.4. The van der Waals surface area contributed by atoms with E-state index >= 15 is 0 Å². The summed E-state index contributed by atoms with van der Waals surface area (Å²) in [6, 6.07) is 5.90. The number of carbonyl (C=O) groups is 1. The summed E-state index contributed by atoms with van der Waals surface area (Å²) in [6.07, 6.45) is 4.69. The molecule has 0 aromatic carbocycles. The standard InChI is InChI=1S/C19H20N4O2S/c1-21-6-2-3-15(21)18(24)22-7-5-19(12-22)13-23-16(14-4-8-26-11-14)9-20-17(23)10-25-19/h2-4,6,8-9,11H,5,7,10,12-13H2,1H3/t19-/m0/s1. The maximum atomic E-state index is 12.8. The number of fused-ring (bicyclic) bond motifs is 1. The number of ether oxygens (including phenoxy) is 1. The molecule has 0 unspecified atom stereocenters. The molecule has 3 aromatic rings. The van der Waals surface area contributed by atoms with Crippen LogP contribution < -0.4 is 0 Å². The minimum Gasteiger partial charge on any atom is -0.363 e. The van der Waals surface area contributed by atoms with Crippen LogP contribution in [0.25, 0.3) is 11.3 Å². The lowest BCUT2D eigenvalue weighted by molar-refractivity contribution is -0.0805. The van der Waals surface area contributed by atoms with Crippen molar-refractivity contribution in [3.8, 4) is 11.3 Å². The second-order valence-corrected chi connectivity index (χ2v) is 7.89. The average molecular weight is 368 g/mol. The second-order valence-electron chi connectivity index (χ2n) is 7.11. The van der Waals surface area contributed by atoms with Gasteiger partial charge in [0.1, 0.15) is 23.7 Å². The molecule has 6 nitrogen and oxygen atoms in total. The minimum atomic E-state index is -0.320. The first kappa shape index (κ1) is 15.8. The van der Waals surface area contributed by atoms with Gasteiger partial charge >= 0.3 is 0 Å². The van der Waals surface area contributed by atoms with Crippen molar-refractivity contribution in [2.24, 2.45) is 7.05 Å². The molecule has 1 fully saturated rings. The Bertz CT molecular complexity index is 958. The van der Waals surface area contributed by atoms with Crippen LogP contribution in [0.3, 0.4) is 0 Å². The highest BCUT2D eigenvalue weighted by atomic mass is 32.1. The monoisotopic (exact) mass is 368 g/mol. The summed E-state index contributed by atoms with van der Waals surface area (Å²) >= 11 is 1.69. The van der Waals surface area contributed by atoms with Gasteiger partial charge < -0.3 is 18.8 Å². The lowest BCUT2D eigenvalue weighted by Gasteiger charge is -2.35. The molecule has 134 valence electrons. The van der Waals surface area contributed by atoms with Crippen molar-refractivity contribution >= 4 is 17.2 Å². The predicted molar refractivity (Wildman–Crippen MR) is 99.0 cm³/mol. The predicted octanol–water partition coefficient (Wildman–Crippen LogP) is 2.77. The Hall–Kier alpha value is -2.38. The molecule has 5 heterocycles. The molecule has 1 amide bonds. The van der Waals surface area contributed by atoms with E-state index in [4.69, 9.17) is 4.74 Å². The summed E-state index contributed by atoms with van der Waals surface area (Å²) in [5.74, 6) is 1.04. The summed E-state index contributed by atoms with van der Waals surface area (Å²) in [5.41, 5.74) is 2.73. The van der Waals surface area contributed by atoms with Gasteiger partial charge in [0.15, 0.2) is 0 Å². The zero-order chi connectivity index (χ0) is 17.7. The summed E-state index contributed by atoms with van der Waals surface area (Å²) in [4.78, 5) is 19.3. The van der Waals surface area contributed by atoms with Crippen molar-refractivity contribution in [1.29, 1.82) is 0 Å². The number of likely N-dealkylation sites (tertiary alicyclic amines) is 1. The Morgan fingerprint density at radius 1 is 1.35 bits per heavy atom. The number of amides is 1. The maximum Gasteiger partial charge on any atom is 0.270 e. The first-order valence-corrected chi connectivity index (χ1v) is 9.71. The van der Waals surface area contributed by atoms with E-state index < -0.39 is 0 Å². The fourth-order valence-electron chi connectivity index (χ4n) is 4.01. The number of hydrogen-bond acceptors (Lipinski definition) is 4. The summed E-state index contributed by atoms with van der Waals surface area (Å²) < 4.78 is 10.4. The highest BCUT2D eigenvalue weighted by Crippen LogP contribution is 2.36. The highest BCUT2D eigenvalue weighted by molar-refractivity contribution is 7.08. The number of aryl methyl sites for hydroxylation is 1. The molecule has 0 aliphatic carbocycles. The van der Waals surface area contributed by atoms with E-state index in [1.54, 1.807) is 11.3 Å². The number of rotatable bonds is 2.